The van der Waals surface area contributed by atoms with Crippen LogP contribution in [0.25, 0.3) is 0 Å². The number of piperazine rings is 1. The topological polar surface area (TPSA) is 27.3 Å². The maximum Gasteiger partial charge on any atom is 0.0390 e. The molecule has 0 radical (unpaired) electrons. The fraction of sp³-hybridized carbons (Fsp3) is 0.571. The van der Waals surface area contributed by atoms with E-state index in [1.54, 1.807) is 0 Å². The van der Waals surface area contributed by atoms with Gasteiger partial charge in [0.15, 0.2) is 0 Å². The Morgan fingerprint density at radius 2 is 2.24 bits per heavy atom. The highest BCUT2D eigenvalue weighted by Crippen LogP contribution is 2.15. The molecule has 2 N–H and O–H groups in total. The second-order valence-electron chi connectivity index (χ2n) is 4.73. The molecular weight excluding hydrogens is 210 g/mol. The Morgan fingerprint density at radius 1 is 1.41 bits per heavy atom. The molecular formula is C14H23N3. The molecule has 17 heavy (non-hydrogen) atoms. The van der Waals surface area contributed by atoms with Crippen molar-refractivity contribution in [2.45, 2.75) is 19.4 Å². The molecule has 1 aliphatic heterocycles. The number of hydrogen-bond acceptors (Lipinski definition) is 3. The Hall–Kier alpha value is -1.06. The van der Waals surface area contributed by atoms with E-state index < -0.39 is 0 Å². The molecule has 3 heteroatoms. The maximum atomic E-state index is 3.58. The van der Waals surface area contributed by atoms with Gasteiger partial charge in [-0.25, -0.2) is 0 Å². The molecule has 0 bridgehead atoms. The van der Waals surface area contributed by atoms with Crippen LogP contribution in [-0.2, 0) is 6.42 Å². The lowest BCUT2D eigenvalue weighted by atomic mass is 10.1. The highest BCUT2D eigenvalue weighted by molar-refractivity contribution is 5.51. The van der Waals surface area contributed by atoms with Gasteiger partial charge in [-0.15, -0.1) is 0 Å². The molecule has 1 fully saturated rings. The third kappa shape index (κ3) is 3.20. The Labute approximate surface area is 104 Å². The lowest BCUT2D eigenvalue weighted by Gasteiger charge is -2.33. The number of hydrogen-bond donors (Lipinski definition) is 2. The summed E-state index contributed by atoms with van der Waals surface area (Å²) in [5.74, 6) is 0. The van der Waals surface area contributed by atoms with Gasteiger partial charge in [0.1, 0.15) is 0 Å². The largest absolute Gasteiger partial charge is 0.383 e. The number of para-hydroxylation sites is 1. The summed E-state index contributed by atoms with van der Waals surface area (Å²) in [6.45, 7) is 6.55. The minimum absolute atomic E-state index is 0.591. The molecule has 94 valence electrons. The first kappa shape index (κ1) is 12.4. The Bertz CT molecular complexity index is 351. The molecule has 1 unspecified atom stereocenters. The Morgan fingerprint density at radius 3 is 3.00 bits per heavy atom. The summed E-state index contributed by atoms with van der Waals surface area (Å²) in [6.07, 6.45) is 1.09. The summed E-state index contributed by atoms with van der Waals surface area (Å²) in [5, 5.41) is 7.03. The van der Waals surface area contributed by atoms with E-state index in [9.17, 15) is 0 Å². The summed E-state index contributed by atoms with van der Waals surface area (Å²) in [6, 6.07) is 9.18. The van der Waals surface area contributed by atoms with E-state index in [1.165, 1.54) is 11.3 Å². The van der Waals surface area contributed by atoms with Gasteiger partial charge in [-0.1, -0.05) is 25.1 Å². The van der Waals surface area contributed by atoms with Crippen LogP contribution < -0.4 is 10.6 Å². The molecule has 1 aliphatic rings. The van der Waals surface area contributed by atoms with Crippen molar-refractivity contribution >= 4 is 5.69 Å². The molecule has 1 atom stereocenters. The third-order valence-electron chi connectivity index (χ3n) is 3.57. The third-order valence-corrected chi connectivity index (χ3v) is 3.57. The van der Waals surface area contributed by atoms with Crippen molar-refractivity contribution in [3.63, 3.8) is 0 Å². The van der Waals surface area contributed by atoms with Crippen molar-refractivity contribution in [1.82, 2.24) is 10.2 Å². The predicted octanol–water partition coefficient (Wildman–Crippen LogP) is 1.56. The van der Waals surface area contributed by atoms with E-state index in [0.29, 0.717) is 6.04 Å². The molecule has 1 saturated heterocycles. The number of benzene rings is 1. The predicted molar refractivity (Wildman–Crippen MR) is 73.6 cm³/mol. The smallest absolute Gasteiger partial charge is 0.0390 e. The van der Waals surface area contributed by atoms with Crippen molar-refractivity contribution in [3.8, 4) is 0 Å². The molecule has 3 nitrogen and oxygen atoms in total. The van der Waals surface area contributed by atoms with Gasteiger partial charge in [0.2, 0.25) is 0 Å². The molecule has 0 spiro atoms. The molecule has 0 aliphatic carbocycles. The van der Waals surface area contributed by atoms with Crippen LogP contribution in [0.15, 0.2) is 24.3 Å². The van der Waals surface area contributed by atoms with Crippen molar-refractivity contribution in [2.75, 3.05) is 38.5 Å². The van der Waals surface area contributed by atoms with Gasteiger partial charge in [-0.2, -0.15) is 0 Å². The van der Waals surface area contributed by atoms with Crippen LogP contribution in [0.5, 0.6) is 0 Å². The first-order valence-electron chi connectivity index (χ1n) is 6.54. The monoisotopic (exact) mass is 233 g/mol. The summed E-state index contributed by atoms with van der Waals surface area (Å²) < 4.78 is 0. The minimum Gasteiger partial charge on any atom is -0.383 e. The molecule has 0 aromatic heterocycles. The van der Waals surface area contributed by atoms with E-state index in [4.69, 9.17) is 0 Å². The molecule has 0 amide bonds. The van der Waals surface area contributed by atoms with E-state index in [-0.39, 0.29) is 0 Å². The number of nitrogens with zero attached hydrogens (tertiary/aromatic N) is 1. The van der Waals surface area contributed by atoms with Crippen molar-refractivity contribution in [3.05, 3.63) is 29.8 Å². The second-order valence-corrected chi connectivity index (χ2v) is 4.73. The average Bonchev–Trinajstić information content (AvgIpc) is 2.38. The van der Waals surface area contributed by atoms with Crippen LogP contribution in [0.1, 0.15) is 12.5 Å². The lowest BCUT2D eigenvalue weighted by Crippen LogP contribution is -2.52. The zero-order valence-electron chi connectivity index (χ0n) is 10.9. The summed E-state index contributed by atoms with van der Waals surface area (Å²) in [5.41, 5.74) is 2.69. The van der Waals surface area contributed by atoms with Gasteiger partial charge in [-0.3, -0.25) is 4.90 Å². The molecule has 2 rings (SSSR count). The zero-order valence-corrected chi connectivity index (χ0v) is 10.9. The fourth-order valence-corrected chi connectivity index (χ4v) is 2.32. The van der Waals surface area contributed by atoms with Crippen LogP contribution in [0.4, 0.5) is 5.69 Å². The van der Waals surface area contributed by atoms with Crippen LogP contribution in [0.2, 0.25) is 0 Å². The zero-order chi connectivity index (χ0) is 12.1. The first-order valence-corrected chi connectivity index (χ1v) is 6.54. The highest BCUT2D eigenvalue weighted by Gasteiger charge is 2.17. The molecule has 1 aromatic rings. The van der Waals surface area contributed by atoms with Crippen molar-refractivity contribution < 1.29 is 0 Å². The van der Waals surface area contributed by atoms with Gasteiger partial charge in [0.05, 0.1) is 0 Å². The summed E-state index contributed by atoms with van der Waals surface area (Å²) in [4.78, 5) is 2.43. The van der Waals surface area contributed by atoms with Gasteiger partial charge in [0, 0.05) is 37.9 Å². The Kier molecular flexibility index (Phi) is 4.40. The van der Waals surface area contributed by atoms with Crippen LogP contribution in [0.3, 0.4) is 0 Å². The highest BCUT2D eigenvalue weighted by atomic mass is 15.2. The van der Waals surface area contributed by atoms with Gasteiger partial charge in [0.25, 0.3) is 0 Å². The van der Waals surface area contributed by atoms with E-state index in [0.717, 1.165) is 32.6 Å². The lowest BCUT2D eigenvalue weighted by molar-refractivity contribution is 0.209. The molecule has 1 heterocycles. The standard InChI is InChI=1S/C14H23N3/c1-3-12-6-4-5-7-14(12)16-11-13-10-15-8-9-17(13)2/h4-7,13,15-16H,3,8-11H2,1-2H3. The average molecular weight is 233 g/mol. The summed E-state index contributed by atoms with van der Waals surface area (Å²) in [7, 11) is 2.21. The number of aryl methyl sites for hydroxylation is 1. The SMILES string of the molecule is CCc1ccccc1NCC1CNCCN1C. The normalized spacial score (nSPS) is 21.4. The molecule has 0 saturated carbocycles. The quantitative estimate of drug-likeness (QED) is 0.826. The van der Waals surface area contributed by atoms with Gasteiger partial charge >= 0.3 is 0 Å². The second kappa shape index (κ2) is 6.03. The fourth-order valence-electron chi connectivity index (χ4n) is 2.32. The van der Waals surface area contributed by atoms with Crippen LogP contribution >= 0.6 is 0 Å². The summed E-state index contributed by atoms with van der Waals surface area (Å²) >= 11 is 0. The number of likely N-dealkylation sites (N-methyl/N-ethyl adjacent to an activating group) is 1. The van der Waals surface area contributed by atoms with Crippen molar-refractivity contribution in [1.29, 1.82) is 0 Å². The number of rotatable bonds is 4. The van der Waals surface area contributed by atoms with Gasteiger partial charge < -0.3 is 10.6 Å². The van der Waals surface area contributed by atoms with E-state index in [2.05, 4.69) is 53.8 Å². The Balaban J connectivity index is 1.92. The number of anilines is 1. The van der Waals surface area contributed by atoms with Crippen LogP contribution in [0, 0.1) is 0 Å². The van der Waals surface area contributed by atoms with Crippen LogP contribution in [-0.4, -0.2) is 44.2 Å². The van der Waals surface area contributed by atoms with E-state index in [1.807, 2.05) is 0 Å². The van der Waals surface area contributed by atoms with Crippen molar-refractivity contribution in [2.24, 2.45) is 0 Å². The minimum atomic E-state index is 0.591. The van der Waals surface area contributed by atoms with Gasteiger partial charge in [-0.05, 0) is 25.1 Å². The van der Waals surface area contributed by atoms with E-state index >= 15 is 0 Å². The molecule has 1 aromatic carbocycles. The first-order chi connectivity index (χ1) is 8.31. The number of nitrogens with one attached hydrogen (secondary N) is 2. The maximum absolute atomic E-state index is 3.58.